The van der Waals surface area contributed by atoms with Gasteiger partial charge in [0.2, 0.25) is 0 Å². The quantitative estimate of drug-likeness (QED) is 0.722. The minimum absolute atomic E-state index is 0.0903. The van der Waals surface area contributed by atoms with Crippen molar-refractivity contribution in [1.29, 1.82) is 0 Å². The molecule has 84 valence electrons. The van der Waals surface area contributed by atoms with Crippen molar-refractivity contribution in [2.75, 3.05) is 0 Å². The molecule has 0 aliphatic heterocycles. The Morgan fingerprint density at radius 2 is 2.19 bits per heavy atom. The molecule has 0 saturated heterocycles. The second-order valence-corrected chi connectivity index (χ2v) is 4.05. The van der Waals surface area contributed by atoms with Crippen LogP contribution >= 0.6 is 0 Å². The molecule has 0 bridgehead atoms. The second-order valence-electron chi connectivity index (χ2n) is 4.05. The third kappa shape index (κ3) is 1.86. The maximum Gasteiger partial charge on any atom is 0.267 e. The van der Waals surface area contributed by atoms with E-state index in [1.807, 2.05) is 19.9 Å². The lowest BCUT2D eigenvalue weighted by Crippen LogP contribution is -2.30. The van der Waals surface area contributed by atoms with Crippen LogP contribution in [0, 0.1) is 0 Å². The van der Waals surface area contributed by atoms with Crippen molar-refractivity contribution in [1.82, 2.24) is 10.3 Å². The molecule has 0 fully saturated rings. The minimum atomic E-state index is -0.161. The molecule has 4 nitrogen and oxygen atoms in total. The Kier molecular flexibility index (Phi) is 2.56. The first-order chi connectivity index (χ1) is 7.58. The van der Waals surface area contributed by atoms with Crippen molar-refractivity contribution in [2.24, 2.45) is 0 Å². The fraction of sp³-hybridized carbons (Fsp3) is 0.250. The van der Waals surface area contributed by atoms with Crippen LogP contribution in [0.25, 0.3) is 10.9 Å². The number of hydrogen-bond donors (Lipinski definition) is 3. The molecule has 1 aromatic carbocycles. The standard InChI is InChI=1S/C12H14N2O2/c1-7(2)13-12(16)10-6-8-9(14-10)4-3-5-11(8)15/h3-7,14-15H,1-2H3,(H,13,16). The fourth-order valence-corrected chi connectivity index (χ4v) is 1.60. The number of nitrogens with one attached hydrogen (secondary N) is 2. The maximum atomic E-state index is 11.7. The summed E-state index contributed by atoms with van der Waals surface area (Å²) in [6, 6.07) is 6.90. The van der Waals surface area contributed by atoms with E-state index in [4.69, 9.17) is 0 Å². The average molecular weight is 218 g/mol. The van der Waals surface area contributed by atoms with E-state index in [1.54, 1.807) is 18.2 Å². The third-order valence-electron chi connectivity index (χ3n) is 2.31. The van der Waals surface area contributed by atoms with E-state index >= 15 is 0 Å². The van der Waals surface area contributed by atoms with Crippen LogP contribution in [0.5, 0.6) is 5.75 Å². The van der Waals surface area contributed by atoms with Crippen LogP contribution < -0.4 is 5.32 Å². The topological polar surface area (TPSA) is 65.1 Å². The number of phenolic OH excluding ortho intramolecular Hbond substituents is 1. The van der Waals surface area contributed by atoms with Gasteiger partial charge in [-0.25, -0.2) is 0 Å². The van der Waals surface area contributed by atoms with Gasteiger partial charge in [-0.05, 0) is 32.0 Å². The Hall–Kier alpha value is -1.97. The average Bonchev–Trinajstić information content (AvgIpc) is 2.61. The van der Waals surface area contributed by atoms with Gasteiger partial charge in [-0.1, -0.05) is 6.07 Å². The highest BCUT2D eigenvalue weighted by Crippen LogP contribution is 2.24. The van der Waals surface area contributed by atoms with Gasteiger partial charge >= 0.3 is 0 Å². The number of carbonyl (C=O) groups is 1. The second kappa shape index (κ2) is 3.89. The predicted octanol–water partition coefficient (Wildman–Crippen LogP) is 2.01. The van der Waals surface area contributed by atoms with E-state index in [0.717, 1.165) is 5.52 Å². The highest BCUT2D eigenvalue weighted by molar-refractivity contribution is 5.99. The molecule has 4 heteroatoms. The zero-order chi connectivity index (χ0) is 11.7. The molecule has 0 aliphatic rings. The number of aromatic amines is 1. The highest BCUT2D eigenvalue weighted by Gasteiger charge is 2.11. The number of aromatic hydroxyl groups is 1. The summed E-state index contributed by atoms with van der Waals surface area (Å²) in [6.45, 7) is 3.80. The summed E-state index contributed by atoms with van der Waals surface area (Å²) in [7, 11) is 0. The lowest BCUT2D eigenvalue weighted by molar-refractivity contribution is 0.0939. The Labute approximate surface area is 93.3 Å². The summed E-state index contributed by atoms with van der Waals surface area (Å²) >= 11 is 0. The van der Waals surface area contributed by atoms with E-state index in [9.17, 15) is 9.90 Å². The summed E-state index contributed by atoms with van der Waals surface area (Å²) in [5.74, 6) is 0.0166. The zero-order valence-corrected chi connectivity index (χ0v) is 9.24. The number of carbonyl (C=O) groups excluding carboxylic acids is 1. The first kappa shape index (κ1) is 10.5. The SMILES string of the molecule is CC(C)NC(=O)c1cc2c(O)cccc2[nH]1. The normalized spacial score (nSPS) is 10.9. The Balaban J connectivity index is 2.40. The van der Waals surface area contributed by atoms with Crippen molar-refractivity contribution in [3.05, 3.63) is 30.0 Å². The lowest BCUT2D eigenvalue weighted by Gasteiger charge is -2.05. The summed E-state index contributed by atoms with van der Waals surface area (Å²) < 4.78 is 0. The molecule has 0 atom stereocenters. The molecule has 1 heterocycles. The van der Waals surface area contributed by atoms with E-state index in [1.165, 1.54) is 0 Å². The maximum absolute atomic E-state index is 11.7. The largest absolute Gasteiger partial charge is 0.507 e. The predicted molar refractivity (Wildman–Crippen MR) is 62.6 cm³/mol. The molecule has 1 amide bonds. The van der Waals surface area contributed by atoms with Gasteiger partial charge in [0, 0.05) is 16.9 Å². The summed E-state index contributed by atoms with van der Waals surface area (Å²) in [5, 5.41) is 13.0. The van der Waals surface area contributed by atoms with Crippen molar-refractivity contribution in [3.63, 3.8) is 0 Å². The summed E-state index contributed by atoms with van der Waals surface area (Å²) in [5.41, 5.74) is 1.22. The fourth-order valence-electron chi connectivity index (χ4n) is 1.60. The molecular weight excluding hydrogens is 204 g/mol. The van der Waals surface area contributed by atoms with Gasteiger partial charge in [0.1, 0.15) is 11.4 Å². The van der Waals surface area contributed by atoms with Crippen LogP contribution in [0.4, 0.5) is 0 Å². The number of amides is 1. The highest BCUT2D eigenvalue weighted by atomic mass is 16.3. The third-order valence-corrected chi connectivity index (χ3v) is 2.31. The van der Waals surface area contributed by atoms with Crippen LogP contribution in [-0.4, -0.2) is 22.0 Å². The Bertz CT molecular complexity index is 529. The summed E-state index contributed by atoms with van der Waals surface area (Å²) in [6.07, 6.45) is 0. The molecule has 2 rings (SSSR count). The molecule has 0 radical (unpaired) electrons. The monoisotopic (exact) mass is 218 g/mol. The number of benzene rings is 1. The minimum Gasteiger partial charge on any atom is -0.507 e. The van der Waals surface area contributed by atoms with Crippen molar-refractivity contribution >= 4 is 16.8 Å². The number of hydrogen-bond acceptors (Lipinski definition) is 2. The number of H-pyrrole nitrogens is 1. The van der Waals surface area contributed by atoms with E-state index < -0.39 is 0 Å². The summed E-state index contributed by atoms with van der Waals surface area (Å²) in [4.78, 5) is 14.7. The molecule has 1 aromatic heterocycles. The Morgan fingerprint density at radius 1 is 1.44 bits per heavy atom. The van der Waals surface area contributed by atoms with Crippen molar-refractivity contribution in [3.8, 4) is 5.75 Å². The van der Waals surface area contributed by atoms with Gasteiger partial charge in [-0.15, -0.1) is 0 Å². The van der Waals surface area contributed by atoms with E-state index in [2.05, 4.69) is 10.3 Å². The van der Waals surface area contributed by atoms with Gasteiger partial charge in [-0.3, -0.25) is 4.79 Å². The number of fused-ring (bicyclic) bond motifs is 1. The van der Waals surface area contributed by atoms with E-state index in [0.29, 0.717) is 11.1 Å². The molecule has 3 N–H and O–H groups in total. The number of aromatic nitrogens is 1. The lowest BCUT2D eigenvalue weighted by atomic mass is 10.2. The molecule has 2 aromatic rings. The van der Waals surface area contributed by atoms with Crippen molar-refractivity contribution in [2.45, 2.75) is 19.9 Å². The molecule has 0 saturated carbocycles. The van der Waals surface area contributed by atoms with Gasteiger partial charge in [-0.2, -0.15) is 0 Å². The van der Waals surface area contributed by atoms with Gasteiger partial charge in [0.25, 0.3) is 5.91 Å². The van der Waals surface area contributed by atoms with Gasteiger partial charge in [0.15, 0.2) is 0 Å². The van der Waals surface area contributed by atoms with Crippen LogP contribution in [0.15, 0.2) is 24.3 Å². The van der Waals surface area contributed by atoms with Gasteiger partial charge in [0.05, 0.1) is 0 Å². The molecule has 0 spiro atoms. The number of phenols is 1. The first-order valence-electron chi connectivity index (χ1n) is 5.19. The Morgan fingerprint density at radius 3 is 2.81 bits per heavy atom. The van der Waals surface area contributed by atoms with Crippen LogP contribution in [-0.2, 0) is 0 Å². The van der Waals surface area contributed by atoms with Gasteiger partial charge < -0.3 is 15.4 Å². The van der Waals surface area contributed by atoms with Crippen LogP contribution in [0.1, 0.15) is 24.3 Å². The van der Waals surface area contributed by atoms with Crippen LogP contribution in [0.2, 0.25) is 0 Å². The molecule has 0 aliphatic carbocycles. The number of rotatable bonds is 2. The van der Waals surface area contributed by atoms with E-state index in [-0.39, 0.29) is 17.7 Å². The van der Waals surface area contributed by atoms with Crippen molar-refractivity contribution < 1.29 is 9.90 Å². The zero-order valence-electron chi connectivity index (χ0n) is 9.24. The smallest absolute Gasteiger partial charge is 0.267 e. The first-order valence-corrected chi connectivity index (χ1v) is 5.19. The molecule has 16 heavy (non-hydrogen) atoms. The van der Waals surface area contributed by atoms with Crippen LogP contribution in [0.3, 0.4) is 0 Å². The molecular formula is C12H14N2O2. The molecule has 0 unspecified atom stereocenters.